The highest BCUT2D eigenvalue weighted by Gasteiger charge is 2.68. The summed E-state index contributed by atoms with van der Waals surface area (Å²) in [4.78, 5) is 14.6. The third-order valence-corrected chi connectivity index (χ3v) is 12.3. The normalized spacial score (nSPS) is 27.7. The lowest BCUT2D eigenvalue weighted by atomic mass is 9.51. The molecule has 2 bridgehead atoms. The topological polar surface area (TPSA) is 67.8 Å². The van der Waals surface area contributed by atoms with Gasteiger partial charge in [-0.3, -0.25) is 4.79 Å². The number of methoxy groups -OCH3 is 1. The number of ether oxygens (including phenoxy) is 2. The number of aliphatic hydroxyl groups is 1. The number of piperidine rings is 1. The van der Waals surface area contributed by atoms with Gasteiger partial charge in [-0.15, -0.1) is 0 Å². The van der Waals surface area contributed by atoms with Crippen LogP contribution in [0.25, 0.3) is 0 Å². The number of rotatable bonds is 15. The summed E-state index contributed by atoms with van der Waals surface area (Å²) in [6.45, 7) is 5.69. The molecule has 254 valence electrons. The lowest BCUT2D eigenvalue weighted by Gasteiger charge is -2.60. The Hall–Kier alpha value is -3.61. The van der Waals surface area contributed by atoms with Gasteiger partial charge >= 0.3 is 0 Å². The molecule has 1 saturated heterocycles. The predicted octanol–water partition coefficient (Wildman–Crippen LogP) is 7.27. The summed E-state index contributed by atoms with van der Waals surface area (Å²) >= 11 is 0. The number of carbonyl (C=O) groups is 1. The Balaban J connectivity index is 1.11. The highest BCUT2D eigenvalue weighted by atomic mass is 16.5. The zero-order valence-electron chi connectivity index (χ0n) is 28.6. The van der Waals surface area contributed by atoms with E-state index in [-0.39, 0.29) is 23.5 Å². The van der Waals surface area contributed by atoms with E-state index in [1.807, 2.05) is 24.3 Å². The summed E-state index contributed by atoms with van der Waals surface area (Å²) in [5, 5.41) is 11.7. The number of benzene rings is 3. The molecule has 2 aliphatic carbocycles. The Morgan fingerprint density at radius 2 is 1.77 bits per heavy atom. The fourth-order valence-corrected chi connectivity index (χ4v) is 10.1. The zero-order chi connectivity index (χ0) is 33.1. The van der Waals surface area contributed by atoms with Gasteiger partial charge in [0.15, 0.2) is 11.5 Å². The maximum atomic E-state index is 14.6. The average Bonchev–Trinajstić information content (AvgIpc) is 3.45. The van der Waals surface area contributed by atoms with Gasteiger partial charge in [0.2, 0.25) is 0 Å². The van der Waals surface area contributed by atoms with Crippen LogP contribution < -0.4 is 14.9 Å². The molecule has 2 N–H and O–H groups in total. The second-order valence-electron chi connectivity index (χ2n) is 14.8. The molecule has 2 fully saturated rings. The smallest absolute Gasteiger partial charge is 0.270 e. The third-order valence-electron chi connectivity index (χ3n) is 12.3. The molecule has 7 rings (SSSR count). The number of hydrogen-bond acceptors (Lipinski definition) is 4. The molecule has 6 heteroatoms. The zero-order valence-corrected chi connectivity index (χ0v) is 28.6. The van der Waals surface area contributed by atoms with Gasteiger partial charge in [0, 0.05) is 24.3 Å². The lowest BCUT2D eigenvalue weighted by Crippen LogP contribution is -2.77. The van der Waals surface area contributed by atoms with Gasteiger partial charge < -0.3 is 14.6 Å². The van der Waals surface area contributed by atoms with Crippen molar-refractivity contribution in [1.29, 1.82) is 0 Å². The summed E-state index contributed by atoms with van der Waals surface area (Å²) in [6.07, 6.45) is 12.7. The fraction of sp³-hybridized carbons (Fsp3) is 0.500. The van der Waals surface area contributed by atoms with E-state index in [0.29, 0.717) is 29.9 Å². The van der Waals surface area contributed by atoms with Crippen LogP contribution in [-0.2, 0) is 29.5 Å². The molecule has 3 unspecified atom stereocenters. The minimum atomic E-state index is -0.685. The number of nitrogens with one attached hydrogen (secondary N) is 1. The number of hydrogen-bond donors (Lipinski definition) is 2. The molecular formula is C42H53N2O4+. The van der Waals surface area contributed by atoms with Gasteiger partial charge in [-0.25, -0.2) is 10.0 Å². The van der Waals surface area contributed by atoms with Crippen molar-refractivity contribution in [1.82, 2.24) is 5.43 Å². The summed E-state index contributed by atoms with van der Waals surface area (Å²) in [5.74, 6) is 1.72. The summed E-state index contributed by atoms with van der Waals surface area (Å²) < 4.78 is 13.1. The third kappa shape index (κ3) is 5.96. The highest BCUT2D eigenvalue weighted by molar-refractivity contribution is 5.78. The van der Waals surface area contributed by atoms with Crippen LogP contribution in [-0.4, -0.2) is 54.1 Å². The molecule has 0 radical (unpaired) electrons. The van der Waals surface area contributed by atoms with E-state index in [9.17, 15) is 9.90 Å². The molecule has 48 heavy (non-hydrogen) atoms. The van der Waals surface area contributed by atoms with E-state index in [1.165, 1.54) is 22.3 Å². The number of amides is 1. The van der Waals surface area contributed by atoms with Crippen molar-refractivity contribution in [3.63, 3.8) is 0 Å². The molecule has 1 saturated carbocycles. The molecule has 1 amide bonds. The first-order valence-electron chi connectivity index (χ1n) is 18.4. The number of nitrogens with zero attached hydrogens (tertiary/aromatic N) is 1. The van der Waals surface area contributed by atoms with Gasteiger partial charge in [-0.1, -0.05) is 86.2 Å². The van der Waals surface area contributed by atoms with Crippen LogP contribution in [0.5, 0.6) is 11.5 Å². The van der Waals surface area contributed by atoms with Crippen LogP contribution in [0.4, 0.5) is 0 Å². The Bertz CT molecular complexity index is 1580. The SMILES string of the molecule is C=CC[N+]1(NC(=O)C(CCc2ccccc2)C(O)CCCCCc2ccccc2)CC[C@]23c4c5ccc(OC)c4O[C@H]2CCC[C@H]3[C@H]1C5. The van der Waals surface area contributed by atoms with Crippen LogP contribution >= 0.6 is 0 Å². The fourth-order valence-electron chi connectivity index (χ4n) is 10.1. The Kier molecular flexibility index (Phi) is 9.66. The number of aryl methyl sites for hydroxylation is 2. The second kappa shape index (κ2) is 14.1. The first kappa shape index (κ1) is 32.9. The number of unbranched alkanes of at least 4 members (excludes halogenated alkanes) is 2. The molecule has 2 heterocycles. The quantitative estimate of drug-likeness (QED) is 0.103. The van der Waals surface area contributed by atoms with Crippen LogP contribution in [0.2, 0.25) is 0 Å². The van der Waals surface area contributed by atoms with Gasteiger partial charge in [0.25, 0.3) is 5.91 Å². The minimum absolute atomic E-state index is 0.0169. The Labute approximate surface area is 286 Å². The van der Waals surface area contributed by atoms with Crippen molar-refractivity contribution in [3.8, 4) is 11.5 Å². The molecule has 1 spiro atoms. The van der Waals surface area contributed by atoms with Crippen LogP contribution in [0.15, 0.2) is 85.5 Å². The summed E-state index contributed by atoms with van der Waals surface area (Å²) in [7, 11) is 1.74. The van der Waals surface area contributed by atoms with Gasteiger partial charge in [0.05, 0.1) is 24.5 Å². The summed E-state index contributed by atoms with van der Waals surface area (Å²) in [6, 6.07) is 25.5. The van der Waals surface area contributed by atoms with E-state index in [0.717, 1.165) is 82.3 Å². The van der Waals surface area contributed by atoms with Crippen molar-refractivity contribution in [2.24, 2.45) is 11.8 Å². The van der Waals surface area contributed by atoms with Crippen LogP contribution in [0.3, 0.4) is 0 Å². The van der Waals surface area contributed by atoms with Crippen molar-refractivity contribution >= 4 is 5.91 Å². The molecule has 7 atom stereocenters. The van der Waals surface area contributed by atoms with Gasteiger partial charge in [-0.2, -0.15) is 0 Å². The Morgan fingerprint density at radius 1 is 1.02 bits per heavy atom. The first-order chi connectivity index (χ1) is 23.5. The average molecular weight is 650 g/mol. The Morgan fingerprint density at radius 3 is 2.50 bits per heavy atom. The van der Waals surface area contributed by atoms with Crippen molar-refractivity contribution in [2.45, 2.75) is 101 Å². The van der Waals surface area contributed by atoms with E-state index >= 15 is 0 Å². The largest absolute Gasteiger partial charge is 0.493 e. The standard InChI is InChI=1S/C42H52N2O4/c1-3-27-44(28-26-42-34-19-13-21-38(42)48-40-37(47-2)25-23-32(39(40)42)29-35(34)44)43-41(46)33(24-22-31-17-9-5-10-18-31)36(45)20-12-6-11-16-30-14-7-4-8-15-30/h3-5,7-10,14-15,17-18,23,25,33-36,38,45H,1,6,11-13,16,19-22,24,26-29H2,2H3/p+1/t33?,34-,35+,36?,38-,42+,44?/m0/s1. The number of quaternary nitrogens is 1. The van der Waals surface area contributed by atoms with Crippen molar-refractivity contribution in [3.05, 3.63) is 108 Å². The lowest BCUT2D eigenvalue weighted by molar-refractivity contribution is -0.989. The van der Waals surface area contributed by atoms with Crippen molar-refractivity contribution < 1.29 is 24.0 Å². The predicted molar refractivity (Wildman–Crippen MR) is 190 cm³/mol. The molecule has 6 nitrogen and oxygen atoms in total. The van der Waals surface area contributed by atoms with E-state index in [1.54, 1.807) is 7.11 Å². The van der Waals surface area contributed by atoms with E-state index < -0.39 is 12.0 Å². The van der Waals surface area contributed by atoms with Gasteiger partial charge in [0.1, 0.15) is 25.2 Å². The number of likely N-dealkylation sites (tertiary alicyclic amines) is 1. The molecule has 2 aliphatic heterocycles. The van der Waals surface area contributed by atoms with Crippen LogP contribution in [0.1, 0.15) is 80.0 Å². The molecule has 3 aromatic rings. The number of aliphatic hydroxyl groups excluding tert-OH is 1. The number of carbonyl (C=O) groups excluding carboxylic acids is 1. The second-order valence-corrected chi connectivity index (χ2v) is 14.8. The first-order valence-corrected chi connectivity index (χ1v) is 18.4. The van der Waals surface area contributed by atoms with E-state index in [4.69, 9.17) is 9.47 Å². The highest BCUT2D eigenvalue weighted by Crippen LogP contribution is 2.64. The summed E-state index contributed by atoms with van der Waals surface area (Å²) in [5.41, 5.74) is 8.90. The minimum Gasteiger partial charge on any atom is -0.493 e. The van der Waals surface area contributed by atoms with Gasteiger partial charge in [-0.05, 0) is 80.2 Å². The molecular weight excluding hydrogens is 596 g/mol. The molecule has 3 aromatic carbocycles. The van der Waals surface area contributed by atoms with Crippen molar-refractivity contribution in [2.75, 3.05) is 20.2 Å². The maximum absolute atomic E-state index is 14.6. The molecule has 4 aliphatic rings. The van der Waals surface area contributed by atoms with Crippen LogP contribution in [0, 0.1) is 11.8 Å². The monoisotopic (exact) mass is 649 g/mol. The molecule has 0 aromatic heterocycles. The van der Waals surface area contributed by atoms with E-state index in [2.05, 4.69) is 66.6 Å². The maximum Gasteiger partial charge on any atom is 0.270 e.